The van der Waals surface area contributed by atoms with Crippen molar-refractivity contribution in [3.05, 3.63) is 48.0 Å². The van der Waals surface area contributed by atoms with Crippen molar-refractivity contribution in [1.82, 2.24) is 0 Å². The molecule has 0 amide bonds. The zero-order valence-corrected chi connectivity index (χ0v) is 10.6. The molecule has 96 valence electrons. The van der Waals surface area contributed by atoms with Gasteiger partial charge in [-0.1, -0.05) is 55.7 Å². The van der Waals surface area contributed by atoms with Gasteiger partial charge in [-0.05, 0) is 30.4 Å². The van der Waals surface area contributed by atoms with Gasteiger partial charge < -0.3 is 0 Å². The summed E-state index contributed by atoms with van der Waals surface area (Å²) in [5, 5.41) is 0. The summed E-state index contributed by atoms with van der Waals surface area (Å²) in [6.07, 6.45) is 11.0. The fourth-order valence-corrected chi connectivity index (χ4v) is 2.91. The summed E-state index contributed by atoms with van der Waals surface area (Å²) in [6.45, 7) is 0. The molecular formula is C16H20O2. The van der Waals surface area contributed by atoms with Crippen molar-refractivity contribution in [2.75, 3.05) is 0 Å². The molecule has 0 saturated heterocycles. The van der Waals surface area contributed by atoms with Crippen molar-refractivity contribution < 1.29 is 9.78 Å². The first kappa shape index (κ1) is 11.9. The Morgan fingerprint density at radius 3 is 2.28 bits per heavy atom. The lowest BCUT2D eigenvalue weighted by Crippen LogP contribution is -2.27. The molecule has 0 aromatic heterocycles. The summed E-state index contributed by atoms with van der Waals surface area (Å²) in [6, 6.07) is 10.2. The van der Waals surface area contributed by atoms with E-state index in [0.29, 0.717) is 5.92 Å². The maximum absolute atomic E-state index is 5.60. The number of benzene rings is 1. The van der Waals surface area contributed by atoms with Crippen LogP contribution >= 0.6 is 0 Å². The lowest BCUT2D eigenvalue weighted by Gasteiger charge is -2.31. The molecular weight excluding hydrogens is 224 g/mol. The molecule has 1 aliphatic carbocycles. The second kappa shape index (κ2) is 5.68. The summed E-state index contributed by atoms with van der Waals surface area (Å²) in [5.41, 5.74) is 1.15. The molecule has 1 aromatic rings. The fourth-order valence-electron chi connectivity index (χ4n) is 2.91. The van der Waals surface area contributed by atoms with Gasteiger partial charge in [-0.25, -0.2) is 9.78 Å². The zero-order valence-electron chi connectivity index (χ0n) is 10.6. The largest absolute Gasteiger partial charge is 0.228 e. The fraction of sp³-hybridized carbons (Fsp3) is 0.500. The molecule has 3 rings (SSSR count). The van der Waals surface area contributed by atoms with Gasteiger partial charge in [0.1, 0.15) is 12.2 Å². The standard InChI is InChI=1S/C16H20O2/c1-3-7-13(8-4-1)15-11-12-16(18-17-15)14-9-5-2-6-10-14/h1,3-4,7-8,11-12,14-16H,2,5-6,9-10H2/t15-,16-/m0/s1. The molecule has 1 saturated carbocycles. The third-order valence-corrected chi connectivity index (χ3v) is 3.99. The summed E-state index contributed by atoms with van der Waals surface area (Å²) < 4.78 is 0. The number of hydrogen-bond acceptors (Lipinski definition) is 2. The molecule has 2 heteroatoms. The average Bonchev–Trinajstić information content (AvgIpc) is 2.49. The molecule has 2 aliphatic rings. The summed E-state index contributed by atoms with van der Waals surface area (Å²) >= 11 is 0. The summed E-state index contributed by atoms with van der Waals surface area (Å²) in [5.74, 6) is 0.645. The van der Waals surface area contributed by atoms with Crippen LogP contribution in [-0.2, 0) is 9.78 Å². The molecule has 1 heterocycles. The van der Waals surface area contributed by atoms with Crippen LogP contribution in [0.4, 0.5) is 0 Å². The lowest BCUT2D eigenvalue weighted by atomic mass is 9.85. The van der Waals surface area contributed by atoms with Crippen LogP contribution in [0.3, 0.4) is 0 Å². The second-order valence-corrected chi connectivity index (χ2v) is 5.27. The van der Waals surface area contributed by atoms with E-state index in [9.17, 15) is 0 Å². The van der Waals surface area contributed by atoms with E-state index in [4.69, 9.17) is 9.78 Å². The van der Waals surface area contributed by atoms with Crippen molar-refractivity contribution in [3.63, 3.8) is 0 Å². The van der Waals surface area contributed by atoms with E-state index in [0.717, 1.165) is 5.56 Å². The molecule has 0 unspecified atom stereocenters. The Morgan fingerprint density at radius 2 is 1.61 bits per heavy atom. The van der Waals surface area contributed by atoms with Gasteiger partial charge in [0.05, 0.1) is 0 Å². The van der Waals surface area contributed by atoms with E-state index in [-0.39, 0.29) is 12.2 Å². The monoisotopic (exact) mass is 244 g/mol. The minimum Gasteiger partial charge on any atom is -0.228 e. The zero-order chi connectivity index (χ0) is 12.2. The molecule has 2 atom stereocenters. The molecule has 0 radical (unpaired) electrons. The van der Waals surface area contributed by atoms with Gasteiger partial charge in [-0.3, -0.25) is 0 Å². The topological polar surface area (TPSA) is 18.5 Å². The van der Waals surface area contributed by atoms with Gasteiger partial charge in [0, 0.05) is 0 Å². The molecule has 18 heavy (non-hydrogen) atoms. The van der Waals surface area contributed by atoms with Crippen LogP contribution in [0.2, 0.25) is 0 Å². The third kappa shape index (κ3) is 2.65. The van der Waals surface area contributed by atoms with Gasteiger partial charge in [-0.2, -0.15) is 0 Å². The predicted molar refractivity (Wildman–Crippen MR) is 70.9 cm³/mol. The quantitative estimate of drug-likeness (QED) is 0.573. The molecule has 0 bridgehead atoms. The minimum atomic E-state index is -0.0500. The second-order valence-electron chi connectivity index (χ2n) is 5.27. The Kier molecular flexibility index (Phi) is 3.77. The Balaban J connectivity index is 1.64. The molecule has 1 aliphatic heterocycles. The van der Waals surface area contributed by atoms with E-state index in [1.54, 1.807) is 0 Å². The number of hydrogen-bond donors (Lipinski definition) is 0. The smallest absolute Gasteiger partial charge is 0.136 e. The first-order valence-electron chi connectivity index (χ1n) is 6.99. The third-order valence-electron chi connectivity index (χ3n) is 3.99. The maximum Gasteiger partial charge on any atom is 0.136 e. The molecule has 1 fully saturated rings. The van der Waals surface area contributed by atoms with E-state index in [1.807, 2.05) is 18.2 Å². The van der Waals surface area contributed by atoms with Crippen molar-refractivity contribution in [2.24, 2.45) is 5.92 Å². The SMILES string of the molecule is C1=C[C@@H](C2CCCCC2)OO[C@@H]1c1ccccc1. The minimum absolute atomic E-state index is 0.0500. The maximum atomic E-state index is 5.60. The Bertz CT molecular complexity index is 393. The van der Waals surface area contributed by atoms with Gasteiger partial charge in [-0.15, -0.1) is 0 Å². The van der Waals surface area contributed by atoms with E-state index in [2.05, 4.69) is 24.3 Å². The van der Waals surface area contributed by atoms with Crippen molar-refractivity contribution in [1.29, 1.82) is 0 Å². The highest BCUT2D eigenvalue weighted by atomic mass is 17.2. The number of rotatable bonds is 2. The Hall–Kier alpha value is -1.12. The highest BCUT2D eigenvalue weighted by Gasteiger charge is 2.27. The first-order chi connectivity index (χ1) is 8.93. The van der Waals surface area contributed by atoms with Crippen LogP contribution in [0.1, 0.15) is 43.8 Å². The van der Waals surface area contributed by atoms with Gasteiger partial charge in [0.15, 0.2) is 0 Å². The Labute approximate surface area is 109 Å². The molecule has 1 aromatic carbocycles. The predicted octanol–water partition coefficient (Wildman–Crippen LogP) is 4.19. The van der Waals surface area contributed by atoms with E-state index in [1.165, 1.54) is 32.1 Å². The summed E-state index contributed by atoms with van der Waals surface area (Å²) in [4.78, 5) is 11.1. The average molecular weight is 244 g/mol. The molecule has 0 N–H and O–H groups in total. The summed E-state index contributed by atoms with van der Waals surface area (Å²) in [7, 11) is 0. The highest BCUT2D eigenvalue weighted by Crippen LogP contribution is 2.33. The molecule has 2 nitrogen and oxygen atoms in total. The Morgan fingerprint density at radius 1 is 0.833 bits per heavy atom. The van der Waals surface area contributed by atoms with Crippen LogP contribution < -0.4 is 0 Å². The van der Waals surface area contributed by atoms with Crippen LogP contribution in [0.15, 0.2) is 42.5 Å². The van der Waals surface area contributed by atoms with Crippen molar-refractivity contribution >= 4 is 0 Å². The first-order valence-corrected chi connectivity index (χ1v) is 6.99. The van der Waals surface area contributed by atoms with Crippen LogP contribution in [0.5, 0.6) is 0 Å². The van der Waals surface area contributed by atoms with E-state index >= 15 is 0 Å². The van der Waals surface area contributed by atoms with E-state index < -0.39 is 0 Å². The van der Waals surface area contributed by atoms with Crippen molar-refractivity contribution in [2.45, 2.75) is 44.3 Å². The van der Waals surface area contributed by atoms with Gasteiger partial charge in [0.25, 0.3) is 0 Å². The molecule has 0 spiro atoms. The highest BCUT2D eigenvalue weighted by molar-refractivity contribution is 5.22. The van der Waals surface area contributed by atoms with Crippen molar-refractivity contribution in [3.8, 4) is 0 Å². The van der Waals surface area contributed by atoms with Crippen LogP contribution in [0.25, 0.3) is 0 Å². The van der Waals surface area contributed by atoms with Crippen LogP contribution in [0, 0.1) is 5.92 Å². The normalized spacial score (nSPS) is 29.3. The van der Waals surface area contributed by atoms with Gasteiger partial charge >= 0.3 is 0 Å². The lowest BCUT2D eigenvalue weighted by molar-refractivity contribution is -0.351. The van der Waals surface area contributed by atoms with Crippen LogP contribution in [-0.4, -0.2) is 6.10 Å². The van der Waals surface area contributed by atoms with Gasteiger partial charge in [0.2, 0.25) is 0 Å².